The fourth-order valence-electron chi connectivity index (χ4n) is 2.51. The lowest BCUT2D eigenvalue weighted by atomic mass is 9.85. The summed E-state index contributed by atoms with van der Waals surface area (Å²) in [6.07, 6.45) is 7.73. The van der Waals surface area contributed by atoms with Crippen molar-refractivity contribution in [1.29, 1.82) is 0 Å². The van der Waals surface area contributed by atoms with Gasteiger partial charge in [-0.1, -0.05) is 20.3 Å². The normalized spacial score (nSPS) is 24.5. The molecule has 1 fully saturated rings. The Morgan fingerprint density at radius 2 is 2.06 bits per heavy atom. The molecule has 0 amide bonds. The lowest BCUT2D eigenvalue weighted by molar-refractivity contribution is 0.0903. The van der Waals surface area contributed by atoms with Gasteiger partial charge in [0.2, 0.25) is 0 Å². The number of ether oxygens (including phenoxy) is 1. The van der Waals surface area contributed by atoms with E-state index >= 15 is 0 Å². The van der Waals surface area contributed by atoms with Crippen molar-refractivity contribution in [2.45, 2.75) is 58.4 Å². The standard InChI is InChI=1S/C14H29NO2/c1-14(2)7-3-5-13(6-8-14)15-9-4-11-17-12-10-16/h13,15-16H,3-12H2,1-2H3. The molecule has 1 rings (SSSR count). The molecular formula is C14H29NO2. The Balaban J connectivity index is 2.03. The van der Waals surface area contributed by atoms with Crippen LogP contribution in [-0.2, 0) is 4.74 Å². The van der Waals surface area contributed by atoms with Gasteiger partial charge in [0, 0.05) is 12.6 Å². The van der Waals surface area contributed by atoms with E-state index in [4.69, 9.17) is 9.84 Å². The van der Waals surface area contributed by atoms with Crippen LogP contribution in [0.4, 0.5) is 0 Å². The smallest absolute Gasteiger partial charge is 0.0697 e. The highest BCUT2D eigenvalue weighted by Gasteiger charge is 2.23. The highest BCUT2D eigenvalue weighted by atomic mass is 16.5. The van der Waals surface area contributed by atoms with E-state index in [2.05, 4.69) is 19.2 Å². The Hall–Kier alpha value is -0.120. The van der Waals surface area contributed by atoms with E-state index in [0.717, 1.165) is 19.6 Å². The van der Waals surface area contributed by atoms with Gasteiger partial charge in [-0.3, -0.25) is 0 Å². The summed E-state index contributed by atoms with van der Waals surface area (Å²) in [6, 6.07) is 0.703. The number of hydrogen-bond acceptors (Lipinski definition) is 3. The molecule has 3 nitrogen and oxygen atoms in total. The lowest BCUT2D eigenvalue weighted by Gasteiger charge is -2.22. The predicted molar refractivity (Wildman–Crippen MR) is 71.2 cm³/mol. The van der Waals surface area contributed by atoms with Crippen molar-refractivity contribution in [3.63, 3.8) is 0 Å². The van der Waals surface area contributed by atoms with Crippen molar-refractivity contribution >= 4 is 0 Å². The van der Waals surface area contributed by atoms with Gasteiger partial charge in [-0.15, -0.1) is 0 Å². The van der Waals surface area contributed by atoms with Crippen molar-refractivity contribution in [3.05, 3.63) is 0 Å². The van der Waals surface area contributed by atoms with Crippen molar-refractivity contribution in [2.24, 2.45) is 5.41 Å². The minimum atomic E-state index is 0.130. The first-order chi connectivity index (χ1) is 8.14. The first-order valence-corrected chi connectivity index (χ1v) is 7.06. The second-order valence-electron chi connectivity index (χ2n) is 5.94. The number of aliphatic hydroxyl groups is 1. The summed E-state index contributed by atoms with van der Waals surface area (Å²) in [7, 11) is 0. The fourth-order valence-corrected chi connectivity index (χ4v) is 2.51. The third kappa shape index (κ3) is 7.02. The zero-order valence-corrected chi connectivity index (χ0v) is 11.5. The second kappa shape index (κ2) is 8.06. The fraction of sp³-hybridized carbons (Fsp3) is 1.00. The van der Waals surface area contributed by atoms with Crippen molar-refractivity contribution in [1.82, 2.24) is 5.32 Å². The van der Waals surface area contributed by atoms with Crippen LogP contribution in [0.1, 0.15) is 52.4 Å². The Morgan fingerprint density at radius 1 is 1.24 bits per heavy atom. The molecular weight excluding hydrogens is 214 g/mol. The molecule has 0 bridgehead atoms. The lowest BCUT2D eigenvalue weighted by Crippen LogP contribution is -2.30. The van der Waals surface area contributed by atoms with Gasteiger partial charge in [0.05, 0.1) is 13.2 Å². The highest BCUT2D eigenvalue weighted by molar-refractivity contribution is 4.79. The molecule has 0 aromatic rings. The summed E-state index contributed by atoms with van der Waals surface area (Å²) in [5.74, 6) is 0. The summed E-state index contributed by atoms with van der Waals surface area (Å²) in [6.45, 7) is 7.17. The largest absolute Gasteiger partial charge is 0.394 e. The van der Waals surface area contributed by atoms with Crippen molar-refractivity contribution in [2.75, 3.05) is 26.4 Å². The van der Waals surface area contributed by atoms with Gasteiger partial charge >= 0.3 is 0 Å². The molecule has 1 unspecified atom stereocenters. The SMILES string of the molecule is CC1(C)CCCC(NCCCOCCO)CC1. The van der Waals surface area contributed by atoms with Crippen molar-refractivity contribution < 1.29 is 9.84 Å². The monoisotopic (exact) mass is 243 g/mol. The van der Waals surface area contributed by atoms with Gasteiger partial charge < -0.3 is 15.2 Å². The average Bonchev–Trinajstić information content (AvgIpc) is 2.45. The average molecular weight is 243 g/mol. The molecule has 17 heavy (non-hydrogen) atoms. The number of aliphatic hydroxyl groups excluding tert-OH is 1. The zero-order valence-electron chi connectivity index (χ0n) is 11.5. The second-order valence-corrected chi connectivity index (χ2v) is 5.94. The Labute approximate surface area is 106 Å². The van der Waals surface area contributed by atoms with Crippen LogP contribution in [0.2, 0.25) is 0 Å². The summed E-state index contributed by atoms with van der Waals surface area (Å²) in [5.41, 5.74) is 0.542. The topological polar surface area (TPSA) is 41.5 Å². The molecule has 2 N–H and O–H groups in total. The molecule has 1 aliphatic carbocycles. The van der Waals surface area contributed by atoms with Crippen LogP contribution >= 0.6 is 0 Å². The van der Waals surface area contributed by atoms with E-state index in [-0.39, 0.29) is 6.61 Å². The molecule has 1 saturated carbocycles. The van der Waals surface area contributed by atoms with E-state index < -0.39 is 0 Å². The molecule has 102 valence electrons. The third-order valence-electron chi connectivity index (χ3n) is 3.71. The molecule has 1 aliphatic rings. The summed E-state index contributed by atoms with van der Waals surface area (Å²) in [5, 5.41) is 12.2. The quantitative estimate of drug-likeness (QED) is 0.533. The highest BCUT2D eigenvalue weighted by Crippen LogP contribution is 2.33. The van der Waals surface area contributed by atoms with Crippen LogP contribution in [0.3, 0.4) is 0 Å². The maximum Gasteiger partial charge on any atom is 0.0697 e. The predicted octanol–water partition coefficient (Wildman–Crippen LogP) is 2.33. The molecule has 0 aliphatic heterocycles. The molecule has 0 aromatic heterocycles. The van der Waals surface area contributed by atoms with Gasteiger partial charge in [0.25, 0.3) is 0 Å². The maximum absolute atomic E-state index is 8.57. The Kier molecular flexibility index (Phi) is 7.09. The minimum absolute atomic E-state index is 0.130. The first kappa shape index (κ1) is 14.9. The molecule has 0 heterocycles. The van der Waals surface area contributed by atoms with E-state index in [1.54, 1.807) is 0 Å². The number of rotatable bonds is 7. The van der Waals surface area contributed by atoms with Crippen LogP contribution in [0.15, 0.2) is 0 Å². The maximum atomic E-state index is 8.57. The number of nitrogens with one attached hydrogen (secondary N) is 1. The van der Waals surface area contributed by atoms with Crippen molar-refractivity contribution in [3.8, 4) is 0 Å². The van der Waals surface area contributed by atoms with E-state index in [1.807, 2.05) is 0 Å². The molecule has 0 saturated heterocycles. The Bertz CT molecular complexity index is 195. The van der Waals surface area contributed by atoms with Crippen LogP contribution in [0.5, 0.6) is 0 Å². The molecule has 0 radical (unpaired) electrons. The van der Waals surface area contributed by atoms with E-state index in [0.29, 0.717) is 18.1 Å². The van der Waals surface area contributed by atoms with Gasteiger partial charge in [-0.05, 0) is 44.1 Å². The van der Waals surface area contributed by atoms with Gasteiger partial charge in [0.1, 0.15) is 0 Å². The molecule has 3 heteroatoms. The van der Waals surface area contributed by atoms with Crippen LogP contribution in [-0.4, -0.2) is 37.5 Å². The van der Waals surface area contributed by atoms with Crippen LogP contribution in [0.25, 0.3) is 0 Å². The summed E-state index contributed by atoms with van der Waals surface area (Å²) >= 11 is 0. The van der Waals surface area contributed by atoms with E-state index in [9.17, 15) is 0 Å². The summed E-state index contributed by atoms with van der Waals surface area (Å²) in [4.78, 5) is 0. The van der Waals surface area contributed by atoms with Crippen LogP contribution < -0.4 is 5.32 Å². The zero-order chi connectivity index (χ0) is 12.6. The number of hydrogen-bond donors (Lipinski definition) is 2. The molecule has 1 atom stereocenters. The third-order valence-corrected chi connectivity index (χ3v) is 3.71. The molecule has 0 aromatic carbocycles. The van der Waals surface area contributed by atoms with Crippen LogP contribution in [0, 0.1) is 5.41 Å². The minimum Gasteiger partial charge on any atom is -0.394 e. The first-order valence-electron chi connectivity index (χ1n) is 7.06. The molecule has 0 spiro atoms. The Morgan fingerprint density at radius 3 is 2.82 bits per heavy atom. The van der Waals surface area contributed by atoms with E-state index in [1.165, 1.54) is 32.1 Å². The van der Waals surface area contributed by atoms with Gasteiger partial charge in [-0.25, -0.2) is 0 Å². The van der Waals surface area contributed by atoms with Gasteiger partial charge in [-0.2, -0.15) is 0 Å². The summed E-state index contributed by atoms with van der Waals surface area (Å²) < 4.78 is 5.24. The van der Waals surface area contributed by atoms with Gasteiger partial charge in [0.15, 0.2) is 0 Å².